The molecule has 2 fully saturated rings. The van der Waals surface area contributed by atoms with Crippen molar-refractivity contribution in [2.75, 3.05) is 27.3 Å². The SMILES string of the molecule is COC(=O)NC(CC(C)C)C(=O)N1CCCCC1c1ncc(-c2ccc(-c3ccc4c(ccc5[nH]c(C6CCCN6C(=O)C(NC(=O)OC)C(C)C)nc54)c3)s2)[nH]1. The number of likely N-dealkylation sites (tertiary alicyclic amines) is 2. The number of carbonyl (C=O) groups excluding carboxylic acids is 4. The average Bonchev–Trinajstić information content (AvgIpc) is 4.05. The molecule has 4 amide bonds. The maximum Gasteiger partial charge on any atom is 0.407 e. The molecular weight excluding hydrogens is 745 g/mol. The van der Waals surface area contributed by atoms with Gasteiger partial charge in [-0.1, -0.05) is 45.9 Å². The number of nitrogens with one attached hydrogen (secondary N) is 4. The van der Waals surface area contributed by atoms with E-state index < -0.39 is 24.3 Å². The molecule has 302 valence electrons. The molecule has 5 aromatic rings. The first kappa shape index (κ1) is 39.8. The third kappa shape index (κ3) is 8.34. The number of ether oxygens (including phenoxy) is 2. The normalized spacial score (nSPS) is 18.3. The smallest absolute Gasteiger partial charge is 0.407 e. The number of imidazole rings is 2. The standard InChI is InChI=1S/C42H52N8O6S/c1-23(2)20-29(46-41(53)55-5)39(51)49-18-8-7-10-31(49)37-43-22-30(45-37)34-17-16-33(57-34)26-12-14-27-25(21-26)13-15-28-36(27)47-38(44-28)32-11-9-19-50(32)40(52)35(24(3)4)48-42(54)56-6/h12-17,21-24,29,31-32,35H,7-11,18-20H2,1-6H3,(H,43,45)(H,44,47)(H,46,53)(H,48,54). The summed E-state index contributed by atoms with van der Waals surface area (Å²) in [6.07, 6.45) is 5.40. The Labute approximate surface area is 336 Å². The molecule has 4 atom stereocenters. The molecule has 2 saturated heterocycles. The minimum Gasteiger partial charge on any atom is -0.453 e. The van der Waals surface area contributed by atoms with Gasteiger partial charge >= 0.3 is 12.2 Å². The summed E-state index contributed by atoms with van der Waals surface area (Å²) >= 11 is 1.67. The lowest BCUT2D eigenvalue weighted by Gasteiger charge is -2.37. The van der Waals surface area contributed by atoms with Crippen LogP contribution in [0.3, 0.4) is 0 Å². The van der Waals surface area contributed by atoms with E-state index in [1.54, 1.807) is 11.3 Å². The summed E-state index contributed by atoms with van der Waals surface area (Å²) in [6, 6.07) is 12.9. The number of piperidine rings is 1. The van der Waals surface area contributed by atoms with Crippen LogP contribution in [0.2, 0.25) is 0 Å². The molecule has 4 unspecified atom stereocenters. The molecule has 0 spiro atoms. The van der Waals surface area contributed by atoms with E-state index in [-0.39, 0.29) is 35.7 Å². The van der Waals surface area contributed by atoms with Crippen molar-refractivity contribution in [3.8, 4) is 21.0 Å². The van der Waals surface area contributed by atoms with Crippen LogP contribution in [0, 0.1) is 11.8 Å². The number of hydrogen-bond acceptors (Lipinski definition) is 9. The van der Waals surface area contributed by atoms with Gasteiger partial charge < -0.3 is 39.9 Å². The number of benzene rings is 2. The molecule has 15 heteroatoms. The van der Waals surface area contributed by atoms with Gasteiger partial charge in [-0.2, -0.15) is 0 Å². The third-order valence-corrected chi connectivity index (χ3v) is 12.2. The minimum absolute atomic E-state index is 0.112. The Morgan fingerprint density at radius 1 is 0.825 bits per heavy atom. The van der Waals surface area contributed by atoms with Crippen molar-refractivity contribution in [1.82, 2.24) is 40.4 Å². The van der Waals surface area contributed by atoms with Gasteiger partial charge in [-0.3, -0.25) is 9.59 Å². The summed E-state index contributed by atoms with van der Waals surface area (Å²) < 4.78 is 9.61. The van der Waals surface area contributed by atoms with E-state index in [1.165, 1.54) is 14.2 Å². The molecule has 0 radical (unpaired) electrons. The highest BCUT2D eigenvalue weighted by atomic mass is 32.1. The van der Waals surface area contributed by atoms with E-state index in [4.69, 9.17) is 19.4 Å². The highest BCUT2D eigenvalue weighted by molar-refractivity contribution is 7.18. The Balaban J connectivity index is 1.09. The monoisotopic (exact) mass is 796 g/mol. The molecule has 0 aliphatic carbocycles. The number of alkyl carbamates (subject to hydrolysis) is 2. The van der Waals surface area contributed by atoms with Gasteiger partial charge in [0.05, 0.1) is 54.1 Å². The Morgan fingerprint density at radius 3 is 2.28 bits per heavy atom. The lowest BCUT2D eigenvalue weighted by Crippen LogP contribution is -2.51. The molecule has 7 rings (SSSR count). The number of rotatable bonds is 11. The van der Waals surface area contributed by atoms with Crippen LogP contribution in [-0.2, 0) is 19.1 Å². The van der Waals surface area contributed by atoms with E-state index in [9.17, 15) is 19.2 Å². The number of aromatic amines is 2. The van der Waals surface area contributed by atoms with Crippen molar-refractivity contribution in [2.45, 2.75) is 90.4 Å². The molecule has 3 aromatic heterocycles. The van der Waals surface area contributed by atoms with E-state index in [0.29, 0.717) is 19.5 Å². The second-order valence-corrected chi connectivity index (χ2v) is 16.9. The van der Waals surface area contributed by atoms with Gasteiger partial charge in [0, 0.05) is 23.4 Å². The fourth-order valence-electron chi connectivity index (χ4n) is 8.17. The average molecular weight is 797 g/mol. The van der Waals surface area contributed by atoms with Crippen LogP contribution < -0.4 is 10.6 Å². The van der Waals surface area contributed by atoms with E-state index >= 15 is 0 Å². The van der Waals surface area contributed by atoms with Gasteiger partial charge in [0.15, 0.2) is 0 Å². The van der Waals surface area contributed by atoms with Crippen LogP contribution in [0.15, 0.2) is 48.7 Å². The number of H-pyrrole nitrogens is 2. The van der Waals surface area contributed by atoms with Gasteiger partial charge in [-0.25, -0.2) is 19.6 Å². The largest absolute Gasteiger partial charge is 0.453 e. The molecule has 2 aliphatic rings. The second kappa shape index (κ2) is 17.0. The predicted octanol–water partition coefficient (Wildman–Crippen LogP) is 7.70. The number of carbonyl (C=O) groups is 4. The Morgan fingerprint density at radius 2 is 1.53 bits per heavy atom. The first-order chi connectivity index (χ1) is 27.4. The zero-order valence-electron chi connectivity index (χ0n) is 33.4. The molecule has 2 aromatic carbocycles. The highest BCUT2D eigenvalue weighted by Gasteiger charge is 2.38. The quantitative estimate of drug-likeness (QED) is 0.105. The minimum atomic E-state index is -0.696. The molecule has 5 heterocycles. The number of amides is 4. The van der Waals surface area contributed by atoms with Crippen molar-refractivity contribution in [2.24, 2.45) is 11.8 Å². The first-order valence-electron chi connectivity index (χ1n) is 19.8. The van der Waals surface area contributed by atoms with Crippen molar-refractivity contribution < 1.29 is 28.7 Å². The van der Waals surface area contributed by atoms with Crippen molar-refractivity contribution in [3.63, 3.8) is 0 Å². The zero-order chi connectivity index (χ0) is 40.4. The van der Waals surface area contributed by atoms with Crippen molar-refractivity contribution in [3.05, 3.63) is 60.3 Å². The number of thiophene rings is 1. The maximum atomic E-state index is 13.8. The topological polar surface area (TPSA) is 175 Å². The van der Waals surface area contributed by atoms with Gasteiger partial charge in [-0.05, 0) is 85.6 Å². The Kier molecular flexibility index (Phi) is 11.8. The first-order valence-corrected chi connectivity index (χ1v) is 20.6. The van der Waals surface area contributed by atoms with Crippen molar-refractivity contribution in [1.29, 1.82) is 0 Å². The second-order valence-electron chi connectivity index (χ2n) is 15.8. The van der Waals surface area contributed by atoms with Crippen molar-refractivity contribution >= 4 is 57.1 Å². The summed E-state index contributed by atoms with van der Waals surface area (Å²) in [4.78, 5) is 74.3. The molecule has 4 N–H and O–H groups in total. The summed E-state index contributed by atoms with van der Waals surface area (Å²) in [5.74, 6) is 1.32. The molecule has 0 bridgehead atoms. The zero-order valence-corrected chi connectivity index (χ0v) is 34.2. The lowest BCUT2D eigenvalue weighted by atomic mass is 9.97. The molecule has 14 nitrogen and oxygen atoms in total. The number of fused-ring (bicyclic) bond motifs is 3. The number of nitrogens with zero attached hydrogens (tertiary/aromatic N) is 4. The van der Waals surface area contributed by atoms with Crippen LogP contribution >= 0.6 is 11.3 Å². The van der Waals surface area contributed by atoms with E-state index in [2.05, 4.69) is 57.0 Å². The van der Waals surface area contributed by atoms with Crippen LogP contribution in [0.4, 0.5) is 9.59 Å². The molecule has 0 saturated carbocycles. The third-order valence-electron chi connectivity index (χ3n) is 11.1. The predicted molar refractivity (Wildman–Crippen MR) is 219 cm³/mol. The highest BCUT2D eigenvalue weighted by Crippen LogP contribution is 2.39. The number of aromatic nitrogens is 4. The molecule has 2 aliphatic heterocycles. The fourth-order valence-corrected chi connectivity index (χ4v) is 9.14. The summed E-state index contributed by atoms with van der Waals surface area (Å²) in [5, 5.41) is 7.54. The molecule has 57 heavy (non-hydrogen) atoms. The van der Waals surface area contributed by atoms with E-state index in [1.807, 2.05) is 49.8 Å². The Bertz CT molecular complexity index is 2260. The van der Waals surface area contributed by atoms with E-state index in [0.717, 1.165) is 86.6 Å². The summed E-state index contributed by atoms with van der Waals surface area (Å²) in [7, 11) is 2.60. The lowest BCUT2D eigenvalue weighted by molar-refractivity contribution is -0.138. The van der Waals surface area contributed by atoms with Gasteiger partial charge in [0.25, 0.3) is 0 Å². The van der Waals surface area contributed by atoms with Gasteiger partial charge in [-0.15, -0.1) is 11.3 Å². The fraction of sp³-hybridized carbons (Fsp3) is 0.476. The van der Waals surface area contributed by atoms with Crippen LogP contribution in [0.1, 0.15) is 90.0 Å². The Hall–Kier alpha value is -5.44. The summed E-state index contributed by atoms with van der Waals surface area (Å²) in [5.41, 5.74) is 3.72. The number of methoxy groups -OCH3 is 2. The van der Waals surface area contributed by atoms with Gasteiger partial charge in [0.1, 0.15) is 23.7 Å². The van der Waals surface area contributed by atoms with Crippen LogP contribution in [-0.4, -0.2) is 93.1 Å². The van der Waals surface area contributed by atoms with Crippen LogP contribution in [0.5, 0.6) is 0 Å². The number of hydrogen-bond donors (Lipinski definition) is 4. The maximum absolute atomic E-state index is 13.8. The van der Waals surface area contributed by atoms with Gasteiger partial charge in [0.2, 0.25) is 11.8 Å². The summed E-state index contributed by atoms with van der Waals surface area (Å²) in [6.45, 7) is 9.06. The molecular formula is C42H52N8O6S. The van der Waals surface area contributed by atoms with Crippen LogP contribution in [0.25, 0.3) is 42.8 Å².